The summed E-state index contributed by atoms with van der Waals surface area (Å²) >= 11 is 0. The normalized spacial score (nSPS) is 12.5. The summed E-state index contributed by atoms with van der Waals surface area (Å²) in [5.74, 6) is 1.29. The molecular formula is C27H35N7O. The molecule has 3 heterocycles. The van der Waals surface area contributed by atoms with Crippen LogP contribution in [0.3, 0.4) is 0 Å². The van der Waals surface area contributed by atoms with E-state index in [4.69, 9.17) is 15.0 Å². The first-order valence-electron chi connectivity index (χ1n) is 12.3. The maximum Gasteiger partial charge on any atom is 0.227 e. The number of fused-ring (bicyclic) bond motifs is 1. The van der Waals surface area contributed by atoms with E-state index in [-0.39, 0.29) is 24.7 Å². The number of nitrogens with one attached hydrogen (secondary N) is 1. The zero-order valence-corrected chi connectivity index (χ0v) is 21.2. The number of hydrogen-bond donors (Lipinski definition) is 2. The van der Waals surface area contributed by atoms with Crippen molar-refractivity contribution < 1.29 is 5.11 Å². The van der Waals surface area contributed by atoms with Gasteiger partial charge in [0, 0.05) is 30.4 Å². The first-order valence-corrected chi connectivity index (χ1v) is 12.3. The van der Waals surface area contributed by atoms with Crippen LogP contribution in [0.5, 0.6) is 0 Å². The third-order valence-electron chi connectivity index (χ3n) is 6.17. The van der Waals surface area contributed by atoms with Crippen LogP contribution >= 0.6 is 0 Å². The van der Waals surface area contributed by atoms with Crippen molar-refractivity contribution >= 4 is 22.9 Å². The second-order valence-electron chi connectivity index (χ2n) is 9.35. The molecule has 1 aromatic carbocycles. The van der Waals surface area contributed by atoms with Gasteiger partial charge >= 0.3 is 0 Å². The van der Waals surface area contributed by atoms with E-state index in [2.05, 4.69) is 71.7 Å². The van der Waals surface area contributed by atoms with Crippen molar-refractivity contribution in [2.24, 2.45) is 0 Å². The molecule has 1 atom stereocenters. The summed E-state index contributed by atoms with van der Waals surface area (Å²) in [6.45, 7) is 11.3. The molecule has 0 aliphatic carbocycles. The van der Waals surface area contributed by atoms with Crippen LogP contribution in [0.2, 0.25) is 0 Å². The quantitative estimate of drug-likeness (QED) is 0.332. The van der Waals surface area contributed by atoms with Gasteiger partial charge in [0.15, 0.2) is 17.0 Å². The monoisotopic (exact) mass is 473 g/mol. The summed E-state index contributed by atoms with van der Waals surface area (Å²) < 4.78 is 2.06. The van der Waals surface area contributed by atoms with Crippen molar-refractivity contribution in [3.05, 3.63) is 60.6 Å². The first kappa shape index (κ1) is 24.6. The standard InChI is InChI=1S/C27H35N7O/c1-6-22(16-35)30-27-31-25(24-26(32-27)34(17-29-24)19(4)5)33(18(2)3)15-20-10-12-21(13-11-20)23-9-7-8-14-28-23/h7-14,17-19,22,35H,6,15-16H2,1-5H3,(H,30,31,32). The molecule has 0 amide bonds. The van der Waals surface area contributed by atoms with Gasteiger partial charge in [-0.25, -0.2) is 4.98 Å². The van der Waals surface area contributed by atoms with Gasteiger partial charge in [-0.15, -0.1) is 0 Å². The fourth-order valence-electron chi connectivity index (χ4n) is 4.02. The van der Waals surface area contributed by atoms with Crippen molar-refractivity contribution in [1.82, 2.24) is 24.5 Å². The maximum absolute atomic E-state index is 9.72. The van der Waals surface area contributed by atoms with Crippen molar-refractivity contribution in [3.63, 3.8) is 0 Å². The van der Waals surface area contributed by atoms with Gasteiger partial charge in [-0.05, 0) is 51.8 Å². The molecule has 0 radical (unpaired) electrons. The van der Waals surface area contributed by atoms with Crippen LogP contribution in [0, 0.1) is 0 Å². The topological polar surface area (TPSA) is 92.0 Å². The molecule has 4 rings (SSSR count). The molecule has 8 nitrogen and oxygen atoms in total. The molecule has 3 aromatic heterocycles. The van der Waals surface area contributed by atoms with E-state index in [1.165, 1.54) is 5.56 Å². The summed E-state index contributed by atoms with van der Waals surface area (Å²) in [7, 11) is 0. The van der Waals surface area contributed by atoms with Gasteiger partial charge in [0.05, 0.1) is 24.7 Å². The number of anilines is 2. The minimum Gasteiger partial charge on any atom is -0.394 e. The fourth-order valence-corrected chi connectivity index (χ4v) is 4.02. The Morgan fingerprint density at radius 3 is 2.37 bits per heavy atom. The van der Waals surface area contributed by atoms with Crippen molar-refractivity contribution in [2.45, 2.75) is 65.7 Å². The zero-order chi connectivity index (χ0) is 24.9. The second-order valence-corrected chi connectivity index (χ2v) is 9.35. The summed E-state index contributed by atoms with van der Waals surface area (Å²) in [4.78, 5) is 21.1. The molecule has 184 valence electrons. The van der Waals surface area contributed by atoms with Gasteiger partial charge < -0.3 is 19.9 Å². The Hall–Kier alpha value is -3.52. The maximum atomic E-state index is 9.72. The zero-order valence-electron chi connectivity index (χ0n) is 21.2. The summed E-state index contributed by atoms with van der Waals surface area (Å²) in [6, 6.07) is 14.7. The highest BCUT2D eigenvalue weighted by Gasteiger charge is 2.22. The Bertz CT molecular complexity index is 1230. The number of aromatic nitrogens is 5. The molecule has 4 aromatic rings. The lowest BCUT2D eigenvalue weighted by Crippen LogP contribution is -2.32. The van der Waals surface area contributed by atoms with Gasteiger partial charge in [0.1, 0.15) is 0 Å². The minimum absolute atomic E-state index is 0.0210. The van der Waals surface area contributed by atoms with Crippen LogP contribution in [-0.2, 0) is 6.54 Å². The van der Waals surface area contributed by atoms with Crippen LogP contribution in [0.25, 0.3) is 22.4 Å². The molecule has 8 heteroatoms. The molecule has 0 spiro atoms. The predicted octanol–water partition coefficient (Wildman–Crippen LogP) is 5.07. The number of nitrogens with zero attached hydrogens (tertiary/aromatic N) is 6. The molecular weight excluding hydrogens is 438 g/mol. The highest BCUT2D eigenvalue weighted by atomic mass is 16.3. The number of aliphatic hydroxyl groups is 1. The first-order chi connectivity index (χ1) is 16.9. The third-order valence-corrected chi connectivity index (χ3v) is 6.17. The number of aliphatic hydroxyl groups excluding tert-OH is 1. The molecule has 2 N–H and O–H groups in total. The lowest BCUT2D eigenvalue weighted by Gasteiger charge is -2.29. The van der Waals surface area contributed by atoms with Gasteiger partial charge in [-0.1, -0.05) is 37.3 Å². The van der Waals surface area contributed by atoms with E-state index in [0.29, 0.717) is 12.5 Å². The van der Waals surface area contributed by atoms with Crippen LogP contribution in [0.4, 0.5) is 11.8 Å². The van der Waals surface area contributed by atoms with Gasteiger partial charge in [-0.3, -0.25) is 4.98 Å². The number of pyridine rings is 1. The van der Waals surface area contributed by atoms with Crippen molar-refractivity contribution in [2.75, 3.05) is 16.8 Å². The molecule has 0 bridgehead atoms. The van der Waals surface area contributed by atoms with Gasteiger partial charge in [0.2, 0.25) is 5.95 Å². The average Bonchev–Trinajstić information content (AvgIpc) is 3.30. The highest BCUT2D eigenvalue weighted by molar-refractivity contribution is 5.85. The van der Waals surface area contributed by atoms with Crippen LogP contribution in [0.1, 0.15) is 52.6 Å². The van der Waals surface area contributed by atoms with Crippen LogP contribution in [0.15, 0.2) is 55.0 Å². The van der Waals surface area contributed by atoms with E-state index in [1.54, 1.807) is 0 Å². The SMILES string of the molecule is CCC(CO)Nc1nc(N(Cc2ccc(-c3ccccn3)cc2)C(C)C)c2ncn(C(C)C)c2n1. The van der Waals surface area contributed by atoms with Crippen molar-refractivity contribution in [3.8, 4) is 11.3 Å². The number of benzene rings is 1. The molecule has 0 aliphatic rings. The van der Waals surface area contributed by atoms with Gasteiger partial charge in [-0.2, -0.15) is 9.97 Å². The lowest BCUT2D eigenvalue weighted by molar-refractivity contribution is 0.271. The smallest absolute Gasteiger partial charge is 0.227 e. The number of imidazole rings is 1. The van der Waals surface area contributed by atoms with E-state index in [0.717, 1.165) is 34.7 Å². The number of rotatable bonds is 10. The van der Waals surface area contributed by atoms with Gasteiger partial charge in [0.25, 0.3) is 0 Å². The lowest BCUT2D eigenvalue weighted by atomic mass is 10.1. The Balaban J connectivity index is 1.72. The Kier molecular flexibility index (Phi) is 7.60. The number of hydrogen-bond acceptors (Lipinski definition) is 7. The van der Waals surface area contributed by atoms with Crippen LogP contribution < -0.4 is 10.2 Å². The molecule has 0 saturated carbocycles. The molecule has 35 heavy (non-hydrogen) atoms. The molecule has 0 fully saturated rings. The third kappa shape index (κ3) is 5.43. The summed E-state index contributed by atoms with van der Waals surface area (Å²) in [6.07, 6.45) is 4.42. The van der Waals surface area contributed by atoms with E-state index >= 15 is 0 Å². The second kappa shape index (κ2) is 10.8. The molecule has 1 unspecified atom stereocenters. The molecule has 0 aliphatic heterocycles. The van der Waals surface area contributed by atoms with E-state index in [1.807, 2.05) is 37.6 Å². The predicted molar refractivity (Wildman–Crippen MR) is 141 cm³/mol. The largest absolute Gasteiger partial charge is 0.394 e. The highest BCUT2D eigenvalue weighted by Crippen LogP contribution is 2.29. The minimum atomic E-state index is -0.109. The average molecular weight is 474 g/mol. The summed E-state index contributed by atoms with van der Waals surface area (Å²) in [5, 5.41) is 13.0. The Labute approximate surface area is 207 Å². The van der Waals surface area contributed by atoms with Crippen LogP contribution in [-0.4, -0.2) is 48.3 Å². The molecule has 0 saturated heterocycles. The Morgan fingerprint density at radius 2 is 1.77 bits per heavy atom. The Morgan fingerprint density at radius 1 is 1.00 bits per heavy atom. The fraction of sp³-hybridized carbons (Fsp3) is 0.407. The van der Waals surface area contributed by atoms with E-state index < -0.39 is 0 Å². The summed E-state index contributed by atoms with van der Waals surface area (Å²) in [5.41, 5.74) is 4.79. The van der Waals surface area contributed by atoms with E-state index in [9.17, 15) is 5.11 Å². The van der Waals surface area contributed by atoms with Crippen molar-refractivity contribution in [1.29, 1.82) is 0 Å².